The van der Waals surface area contributed by atoms with Gasteiger partial charge in [-0.05, 0) is 32.1 Å². The van der Waals surface area contributed by atoms with Gasteiger partial charge in [0.15, 0.2) is 0 Å². The van der Waals surface area contributed by atoms with E-state index in [1.165, 1.54) is 6.42 Å². The van der Waals surface area contributed by atoms with Crippen LogP contribution in [0.3, 0.4) is 0 Å². The number of rotatable bonds is 4. The molecule has 3 unspecified atom stereocenters. The zero-order chi connectivity index (χ0) is 9.84. The van der Waals surface area contributed by atoms with Crippen LogP contribution >= 0.6 is 0 Å². The topological polar surface area (TPSA) is 35.2 Å². The lowest BCUT2D eigenvalue weighted by Gasteiger charge is -2.22. The Morgan fingerprint density at radius 2 is 2.08 bits per heavy atom. The zero-order valence-corrected chi connectivity index (χ0v) is 9.12. The fourth-order valence-electron chi connectivity index (χ4n) is 2.05. The van der Waals surface area contributed by atoms with Gasteiger partial charge in [-0.15, -0.1) is 0 Å². The molecule has 0 aliphatic carbocycles. The minimum absolute atomic E-state index is 0.347. The van der Waals surface area contributed by atoms with Crippen molar-refractivity contribution < 1.29 is 4.74 Å². The van der Waals surface area contributed by atoms with E-state index in [9.17, 15) is 0 Å². The minimum Gasteiger partial charge on any atom is -0.378 e. The van der Waals surface area contributed by atoms with E-state index in [1.807, 2.05) is 0 Å². The van der Waals surface area contributed by atoms with Crippen molar-refractivity contribution in [3.05, 3.63) is 0 Å². The first kappa shape index (κ1) is 11.0. The van der Waals surface area contributed by atoms with Gasteiger partial charge in [-0.1, -0.05) is 13.8 Å². The van der Waals surface area contributed by atoms with E-state index in [1.54, 1.807) is 0 Å². The summed E-state index contributed by atoms with van der Waals surface area (Å²) in [6, 6.07) is 0.347. The van der Waals surface area contributed by atoms with Gasteiger partial charge in [0.2, 0.25) is 0 Å². The van der Waals surface area contributed by atoms with Gasteiger partial charge in [0.05, 0.1) is 6.10 Å². The molecule has 0 saturated carbocycles. The van der Waals surface area contributed by atoms with Gasteiger partial charge < -0.3 is 10.5 Å². The molecule has 2 N–H and O–H groups in total. The van der Waals surface area contributed by atoms with Crippen LogP contribution in [0.2, 0.25) is 0 Å². The molecule has 13 heavy (non-hydrogen) atoms. The molecule has 1 heterocycles. The quantitative estimate of drug-likeness (QED) is 0.728. The van der Waals surface area contributed by atoms with E-state index in [4.69, 9.17) is 10.5 Å². The summed E-state index contributed by atoms with van der Waals surface area (Å²) in [4.78, 5) is 0. The second kappa shape index (κ2) is 4.97. The third-order valence-corrected chi connectivity index (χ3v) is 3.06. The molecule has 0 bridgehead atoms. The third-order valence-electron chi connectivity index (χ3n) is 3.06. The van der Waals surface area contributed by atoms with Gasteiger partial charge in [0.1, 0.15) is 0 Å². The first-order chi connectivity index (χ1) is 6.11. The second-order valence-electron chi connectivity index (χ2n) is 4.66. The van der Waals surface area contributed by atoms with E-state index in [0.717, 1.165) is 25.4 Å². The van der Waals surface area contributed by atoms with E-state index in [-0.39, 0.29) is 0 Å². The smallest absolute Gasteiger partial charge is 0.0590 e. The van der Waals surface area contributed by atoms with Gasteiger partial charge in [0, 0.05) is 18.6 Å². The summed E-state index contributed by atoms with van der Waals surface area (Å²) in [6.07, 6.45) is 3.92. The Morgan fingerprint density at radius 1 is 1.38 bits per heavy atom. The average Bonchev–Trinajstić information content (AvgIpc) is 2.47. The molecule has 1 aliphatic rings. The molecular formula is C11H23NO. The van der Waals surface area contributed by atoms with E-state index < -0.39 is 0 Å². The minimum atomic E-state index is 0.347. The fraction of sp³-hybridized carbons (Fsp3) is 1.00. The molecule has 0 aromatic carbocycles. The Morgan fingerprint density at radius 3 is 2.54 bits per heavy atom. The zero-order valence-electron chi connectivity index (χ0n) is 9.12. The molecule has 0 aromatic heterocycles. The highest BCUT2D eigenvalue weighted by Gasteiger charge is 2.29. The maximum Gasteiger partial charge on any atom is 0.0590 e. The van der Waals surface area contributed by atoms with Crippen LogP contribution in [-0.4, -0.2) is 18.8 Å². The lowest BCUT2D eigenvalue weighted by atomic mass is 9.89. The van der Waals surface area contributed by atoms with Crippen molar-refractivity contribution >= 4 is 0 Å². The summed E-state index contributed by atoms with van der Waals surface area (Å²) in [5.41, 5.74) is 6.14. The lowest BCUT2D eigenvalue weighted by molar-refractivity contribution is 0.0981. The van der Waals surface area contributed by atoms with Crippen molar-refractivity contribution in [1.82, 2.24) is 0 Å². The molecule has 0 aromatic rings. The largest absolute Gasteiger partial charge is 0.378 e. The SMILES string of the molecule is CC(C)CCC(N)C1CCOC1C. The normalized spacial score (nSPS) is 31.2. The van der Waals surface area contributed by atoms with E-state index in [0.29, 0.717) is 18.1 Å². The molecule has 0 radical (unpaired) electrons. The summed E-state index contributed by atoms with van der Waals surface area (Å²) in [6.45, 7) is 7.55. The Hall–Kier alpha value is -0.0800. The van der Waals surface area contributed by atoms with Crippen molar-refractivity contribution in [2.24, 2.45) is 17.6 Å². The molecule has 2 heteroatoms. The molecule has 0 spiro atoms. The van der Waals surface area contributed by atoms with Crippen LogP contribution in [0, 0.1) is 11.8 Å². The molecule has 1 rings (SSSR count). The van der Waals surface area contributed by atoms with Gasteiger partial charge in [-0.3, -0.25) is 0 Å². The fourth-order valence-corrected chi connectivity index (χ4v) is 2.05. The summed E-state index contributed by atoms with van der Waals surface area (Å²) < 4.78 is 5.51. The summed E-state index contributed by atoms with van der Waals surface area (Å²) >= 11 is 0. The lowest BCUT2D eigenvalue weighted by Crippen LogP contribution is -2.34. The number of ether oxygens (including phenoxy) is 1. The number of hydrogen-bond donors (Lipinski definition) is 1. The highest BCUT2D eigenvalue weighted by atomic mass is 16.5. The molecule has 78 valence electrons. The van der Waals surface area contributed by atoms with Gasteiger partial charge in [-0.25, -0.2) is 0 Å². The van der Waals surface area contributed by atoms with Crippen LogP contribution in [0.1, 0.15) is 40.0 Å². The molecule has 1 aliphatic heterocycles. The van der Waals surface area contributed by atoms with E-state index in [2.05, 4.69) is 20.8 Å². The Bertz CT molecular complexity index is 147. The van der Waals surface area contributed by atoms with Crippen molar-refractivity contribution in [2.45, 2.75) is 52.2 Å². The van der Waals surface area contributed by atoms with Gasteiger partial charge in [0.25, 0.3) is 0 Å². The Balaban J connectivity index is 2.25. The van der Waals surface area contributed by atoms with Crippen LogP contribution in [0.5, 0.6) is 0 Å². The predicted octanol–water partition coefficient (Wildman–Crippen LogP) is 2.17. The molecule has 2 nitrogen and oxygen atoms in total. The maximum atomic E-state index is 6.14. The number of hydrogen-bond acceptors (Lipinski definition) is 2. The summed E-state index contributed by atoms with van der Waals surface area (Å²) in [5.74, 6) is 1.36. The highest BCUT2D eigenvalue weighted by molar-refractivity contribution is 4.82. The second-order valence-corrected chi connectivity index (χ2v) is 4.66. The standard InChI is InChI=1S/C11H23NO/c1-8(2)4-5-11(12)10-6-7-13-9(10)3/h8-11H,4-7,12H2,1-3H3. The van der Waals surface area contributed by atoms with Crippen LogP contribution in [-0.2, 0) is 4.74 Å². The highest BCUT2D eigenvalue weighted by Crippen LogP contribution is 2.25. The van der Waals surface area contributed by atoms with Crippen LogP contribution in [0.25, 0.3) is 0 Å². The Labute approximate surface area is 81.8 Å². The van der Waals surface area contributed by atoms with Gasteiger partial charge in [-0.2, -0.15) is 0 Å². The third kappa shape index (κ3) is 3.28. The van der Waals surface area contributed by atoms with Crippen LogP contribution in [0.4, 0.5) is 0 Å². The molecular weight excluding hydrogens is 162 g/mol. The van der Waals surface area contributed by atoms with Crippen LogP contribution < -0.4 is 5.73 Å². The number of nitrogens with two attached hydrogens (primary N) is 1. The van der Waals surface area contributed by atoms with Crippen molar-refractivity contribution in [2.75, 3.05) is 6.61 Å². The van der Waals surface area contributed by atoms with E-state index >= 15 is 0 Å². The monoisotopic (exact) mass is 185 g/mol. The predicted molar refractivity (Wildman–Crippen MR) is 55.6 cm³/mol. The first-order valence-electron chi connectivity index (χ1n) is 5.48. The molecule has 1 saturated heterocycles. The Kier molecular flexibility index (Phi) is 4.20. The molecule has 0 amide bonds. The first-order valence-corrected chi connectivity index (χ1v) is 5.48. The average molecular weight is 185 g/mol. The van der Waals surface area contributed by atoms with Crippen LogP contribution in [0.15, 0.2) is 0 Å². The molecule has 1 fully saturated rings. The van der Waals surface area contributed by atoms with Crippen molar-refractivity contribution in [3.8, 4) is 0 Å². The van der Waals surface area contributed by atoms with Crippen molar-refractivity contribution in [1.29, 1.82) is 0 Å². The maximum absolute atomic E-state index is 6.14. The van der Waals surface area contributed by atoms with Gasteiger partial charge >= 0.3 is 0 Å². The molecule has 3 atom stereocenters. The summed E-state index contributed by atoms with van der Waals surface area (Å²) in [7, 11) is 0. The summed E-state index contributed by atoms with van der Waals surface area (Å²) in [5, 5.41) is 0. The van der Waals surface area contributed by atoms with Crippen molar-refractivity contribution in [3.63, 3.8) is 0 Å².